The van der Waals surface area contributed by atoms with Crippen LogP contribution in [0.3, 0.4) is 0 Å². The van der Waals surface area contributed by atoms with Crippen molar-refractivity contribution in [1.82, 2.24) is 10.2 Å². The Kier molecular flexibility index (Phi) is 6.15. The quantitative estimate of drug-likeness (QED) is 0.819. The van der Waals surface area contributed by atoms with E-state index in [1.807, 2.05) is 0 Å². The van der Waals surface area contributed by atoms with Gasteiger partial charge in [-0.15, -0.1) is 0 Å². The molecule has 1 heterocycles. The lowest BCUT2D eigenvalue weighted by Crippen LogP contribution is -2.43. The SMILES string of the molecule is CC1CCC(CN(CC2CCCNC2)C(C)C)CC1. The summed E-state index contributed by atoms with van der Waals surface area (Å²) in [4.78, 5) is 2.76. The van der Waals surface area contributed by atoms with Crippen molar-refractivity contribution in [2.75, 3.05) is 26.2 Å². The molecule has 1 aliphatic carbocycles. The summed E-state index contributed by atoms with van der Waals surface area (Å²) >= 11 is 0. The second-order valence-corrected chi connectivity index (χ2v) is 7.39. The molecule has 0 spiro atoms. The number of piperidine rings is 1. The van der Waals surface area contributed by atoms with E-state index >= 15 is 0 Å². The molecule has 2 aliphatic rings. The first kappa shape index (κ1) is 15.3. The van der Waals surface area contributed by atoms with Crippen LogP contribution in [-0.4, -0.2) is 37.1 Å². The van der Waals surface area contributed by atoms with E-state index in [0.29, 0.717) is 6.04 Å². The average Bonchev–Trinajstić information content (AvgIpc) is 2.41. The van der Waals surface area contributed by atoms with Crippen molar-refractivity contribution in [3.05, 3.63) is 0 Å². The minimum atomic E-state index is 0.710. The molecule has 0 aromatic heterocycles. The fraction of sp³-hybridized carbons (Fsp3) is 1.00. The minimum Gasteiger partial charge on any atom is -0.316 e. The Balaban J connectivity index is 1.78. The summed E-state index contributed by atoms with van der Waals surface area (Å²) in [5, 5.41) is 3.56. The summed E-state index contributed by atoms with van der Waals surface area (Å²) in [6.45, 7) is 12.3. The molecule has 112 valence electrons. The van der Waals surface area contributed by atoms with E-state index in [4.69, 9.17) is 0 Å². The van der Waals surface area contributed by atoms with E-state index in [0.717, 1.165) is 17.8 Å². The van der Waals surface area contributed by atoms with Crippen molar-refractivity contribution >= 4 is 0 Å². The topological polar surface area (TPSA) is 15.3 Å². The minimum absolute atomic E-state index is 0.710. The van der Waals surface area contributed by atoms with E-state index in [1.165, 1.54) is 64.7 Å². The third kappa shape index (κ3) is 5.07. The van der Waals surface area contributed by atoms with Gasteiger partial charge in [0.15, 0.2) is 0 Å². The molecule has 2 rings (SSSR count). The van der Waals surface area contributed by atoms with Crippen LogP contribution >= 0.6 is 0 Å². The summed E-state index contributed by atoms with van der Waals surface area (Å²) in [7, 11) is 0. The number of hydrogen-bond acceptors (Lipinski definition) is 2. The van der Waals surface area contributed by atoms with E-state index in [2.05, 4.69) is 31.0 Å². The largest absolute Gasteiger partial charge is 0.316 e. The molecule has 1 saturated carbocycles. The van der Waals surface area contributed by atoms with Gasteiger partial charge in [-0.05, 0) is 70.4 Å². The number of nitrogens with zero attached hydrogens (tertiary/aromatic N) is 1. The zero-order valence-corrected chi connectivity index (χ0v) is 13.3. The van der Waals surface area contributed by atoms with Crippen molar-refractivity contribution in [3.8, 4) is 0 Å². The fourth-order valence-corrected chi connectivity index (χ4v) is 3.75. The molecule has 0 radical (unpaired) electrons. The summed E-state index contributed by atoms with van der Waals surface area (Å²) in [5.41, 5.74) is 0. The first-order valence-electron chi connectivity index (χ1n) is 8.60. The molecule has 0 aromatic carbocycles. The highest BCUT2D eigenvalue weighted by atomic mass is 15.2. The second-order valence-electron chi connectivity index (χ2n) is 7.39. The van der Waals surface area contributed by atoms with Gasteiger partial charge in [-0.1, -0.05) is 19.8 Å². The van der Waals surface area contributed by atoms with Gasteiger partial charge in [0.05, 0.1) is 0 Å². The van der Waals surface area contributed by atoms with Crippen molar-refractivity contribution in [1.29, 1.82) is 0 Å². The van der Waals surface area contributed by atoms with Crippen molar-refractivity contribution in [2.24, 2.45) is 17.8 Å². The molecule has 2 heteroatoms. The number of nitrogens with one attached hydrogen (secondary N) is 1. The number of hydrogen-bond donors (Lipinski definition) is 1. The van der Waals surface area contributed by atoms with Crippen LogP contribution in [0.5, 0.6) is 0 Å². The highest BCUT2D eigenvalue weighted by Crippen LogP contribution is 2.29. The van der Waals surface area contributed by atoms with E-state index in [-0.39, 0.29) is 0 Å². The molecule has 0 aromatic rings. The maximum atomic E-state index is 3.56. The molecular weight excluding hydrogens is 232 g/mol. The molecule has 0 amide bonds. The standard InChI is InChI=1S/C17H34N2/c1-14(2)19(13-17-5-4-10-18-11-17)12-16-8-6-15(3)7-9-16/h14-18H,4-13H2,1-3H3. The Labute approximate surface area is 120 Å². The smallest absolute Gasteiger partial charge is 0.00388 e. The Morgan fingerprint density at radius 3 is 2.26 bits per heavy atom. The van der Waals surface area contributed by atoms with Crippen molar-refractivity contribution in [3.63, 3.8) is 0 Å². The second kappa shape index (κ2) is 7.64. The van der Waals surface area contributed by atoms with Crippen LogP contribution in [0.15, 0.2) is 0 Å². The van der Waals surface area contributed by atoms with Gasteiger partial charge in [0.2, 0.25) is 0 Å². The summed E-state index contributed by atoms with van der Waals surface area (Å²) in [6.07, 6.45) is 8.65. The van der Waals surface area contributed by atoms with Gasteiger partial charge >= 0.3 is 0 Å². The van der Waals surface area contributed by atoms with Crippen LogP contribution in [0.2, 0.25) is 0 Å². The van der Waals surface area contributed by atoms with E-state index in [1.54, 1.807) is 0 Å². The van der Waals surface area contributed by atoms with Crippen LogP contribution < -0.4 is 5.32 Å². The van der Waals surface area contributed by atoms with Crippen molar-refractivity contribution < 1.29 is 0 Å². The molecular formula is C17H34N2. The molecule has 1 saturated heterocycles. The monoisotopic (exact) mass is 266 g/mol. The van der Waals surface area contributed by atoms with E-state index < -0.39 is 0 Å². The Bertz CT molecular complexity index is 238. The highest BCUT2D eigenvalue weighted by molar-refractivity contribution is 4.78. The fourth-order valence-electron chi connectivity index (χ4n) is 3.75. The third-order valence-corrected chi connectivity index (χ3v) is 5.25. The third-order valence-electron chi connectivity index (χ3n) is 5.25. The van der Waals surface area contributed by atoms with Gasteiger partial charge in [-0.25, -0.2) is 0 Å². The summed E-state index contributed by atoms with van der Waals surface area (Å²) in [6, 6.07) is 0.710. The van der Waals surface area contributed by atoms with Crippen LogP contribution in [0.25, 0.3) is 0 Å². The van der Waals surface area contributed by atoms with Crippen LogP contribution in [0.1, 0.15) is 59.3 Å². The predicted molar refractivity (Wildman–Crippen MR) is 83.4 cm³/mol. The Morgan fingerprint density at radius 1 is 1.00 bits per heavy atom. The highest BCUT2D eigenvalue weighted by Gasteiger charge is 2.24. The molecule has 1 aliphatic heterocycles. The lowest BCUT2D eigenvalue weighted by atomic mass is 9.82. The maximum absolute atomic E-state index is 3.56. The Hall–Kier alpha value is -0.0800. The Morgan fingerprint density at radius 2 is 1.68 bits per heavy atom. The van der Waals surface area contributed by atoms with Gasteiger partial charge in [0.25, 0.3) is 0 Å². The molecule has 1 unspecified atom stereocenters. The van der Waals surface area contributed by atoms with E-state index in [9.17, 15) is 0 Å². The lowest BCUT2D eigenvalue weighted by molar-refractivity contribution is 0.126. The molecule has 0 bridgehead atoms. The first-order valence-corrected chi connectivity index (χ1v) is 8.60. The zero-order chi connectivity index (χ0) is 13.7. The van der Waals surface area contributed by atoms with Crippen LogP contribution in [0, 0.1) is 17.8 Å². The first-order chi connectivity index (χ1) is 9.15. The molecule has 2 fully saturated rings. The molecule has 1 N–H and O–H groups in total. The lowest BCUT2D eigenvalue weighted by Gasteiger charge is -2.37. The normalized spacial score (nSPS) is 33.0. The number of rotatable bonds is 5. The molecule has 2 nitrogen and oxygen atoms in total. The summed E-state index contributed by atoms with van der Waals surface area (Å²) < 4.78 is 0. The van der Waals surface area contributed by atoms with Gasteiger partial charge < -0.3 is 10.2 Å². The predicted octanol–water partition coefficient (Wildman–Crippen LogP) is 3.52. The molecule has 1 atom stereocenters. The van der Waals surface area contributed by atoms with Crippen LogP contribution in [0.4, 0.5) is 0 Å². The maximum Gasteiger partial charge on any atom is 0.00388 e. The van der Waals surface area contributed by atoms with Gasteiger partial charge in [-0.2, -0.15) is 0 Å². The van der Waals surface area contributed by atoms with Gasteiger partial charge in [-0.3, -0.25) is 0 Å². The van der Waals surface area contributed by atoms with Gasteiger partial charge in [0, 0.05) is 19.1 Å². The van der Waals surface area contributed by atoms with Crippen molar-refractivity contribution in [2.45, 2.75) is 65.3 Å². The summed E-state index contributed by atoms with van der Waals surface area (Å²) in [5.74, 6) is 2.83. The van der Waals surface area contributed by atoms with Crippen LogP contribution in [-0.2, 0) is 0 Å². The zero-order valence-electron chi connectivity index (χ0n) is 13.3. The molecule has 19 heavy (non-hydrogen) atoms. The average molecular weight is 266 g/mol. The van der Waals surface area contributed by atoms with Gasteiger partial charge in [0.1, 0.15) is 0 Å².